The van der Waals surface area contributed by atoms with Crippen LogP contribution in [-0.4, -0.2) is 31.3 Å². The van der Waals surface area contributed by atoms with E-state index >= 15 is 0 Å². The Labute approximate surface area is 83.8 Å². The minimum Gasteiger partial charge on any atom is -0.379 e. The molecular weight excluding hydrogens is 178 g/mol. The van der Waals surface area contributed by atoms with Crippen molar-refractivity contribution in [3.63, 3.8) is 0 Å². The van der Waals surface area contributed by atoms with E-state index in [2.05, 4.69) is 5.01 Å². The van der Waals surface area contributed by atoms with Crippen molar-refractivity contribution < 1.29 is 4.74 Å². The normalized spacial score (nSPS) is 18.1. The molecule has 0 aliphatic carbocycles. The van der Waals surface area contributed by atoms with Gasteiger partial charge in [0.15, 0.2) is 0 Å². The van der Waals surface area contributed by atoms with Crippen LogP contribution in [-0.2, 0) is 4.74 Å². The monoisotopic (exact) mass is 193 g/mol. The molecule has 1 aromatic carbocycles. The van der Waals surface area contributed by atoms with Crippen LogP contribution in [0.15, 0.2) is 30.3 Å². The number of benzene rings is 1. The van der Waals surface area contributed by atoms with E-state index in [4.69, 9.17) is 10.6 Å². The van der Waals surface area contributed by atoms with E-state index < -0.39 is 0 Å². The minimum atomic E-state index is 0.751. The number of hydrazine groups is 2. The molecule has 1 heterocycles. The van der Waals surface area contributed by atoms with Crippen molar-refractivity contribution in [1.29, 1.82) is 0 Å². The molecule has 1 aromatic rings. The summed E-state index contributed by atoms with van der Waals surface area (Å²) in [5, 5.41) is 3.78. The SMILES string of the molecule is NN(c1ccccc1)N1CCOCC1. The van der Waals surface area contributed by atoms with Gasteiger partial charge in [0.05, 0.1) is 18.9 Å². The van der Waals surface area contributed by atoms with Gasteiger partial charge in [-0.25, -0.2) is 16.0 Å². The number of nitrogens with zero attached hydrogens (tertiary/aromatic N) is 2. The smallest absolute Gasteiger partial charge is 0.0702 e. The maximum atomic E-state index is 5.97. The van der Waals surface area contributed by atoms with Crippen molar-refractivity contribution in [2.75, 3.05) is 31.4 Å². The van der Waals surface area contributed by atoms with Crippen LogP contribution in [0.4, 0.5) is 5.69 Å². The third-order valence-corrected chi connectivity index (χ3v) is 2.31. The molecule has 0 aromatic heterocycles. The Kier molecular flexibility index (Phi) is 2.98. The van der Waals surface area contributed by atoms with Gasteiger partial charge in [-0.2, -0.15) is 0 Å². The number of morpholine rings is 1. The lowest BCUT2D eigenvalue weighted by Gasteiger charge is -2.35. The van der Waals surface area contributed by atoms with Gasteiger partial charge in [-0.15, -0.1) is 0 Å². The Morgan fingerprint density at radius 2 is 1.79 bits per heavy atom. The average molecular weight is 193 g/mol. The number of anilines is 1. The highest BCUT2D eigenvalue weighted by Gasteiger charge is 2.15. The summed E-state index contributed by atoms with van der Waals surface area (Å²) in [6.45, 7) is 3.21. The Hall–Kier alpha value is -1.10. The van der Waals surface area contributed by atoms with Crippen LogP contribution in [0, 0.1) is 0 Å². The summed E-state index contributed by atoms with van der Waals surface area (Å²) < 4.78 is 5.26. The first kappa shape index (κ1) is 9.45. The Morgan fingerprint density at radius 1 is 1.14 bits per heavy atom. The van der Waals surface area contributed by atoms with Crippen LogP contribution >= 0.6 is 0 Å². The summed E-state index contributed by atoms with van der Waals surface area (Å²) in [5.41, 5.74) is 1.01. The zero-order valence-corrected chi connectivity index (χ0v) is 8.10. The third-order valence-electron chi connectivity index (χ3n) is 2.31. The second-order valence-electron chi connectivity index (χ2n) is 3.25. The Morgan fingerprint density at radius 3 is 2.43 bits per heavy atom. The van der Waals surface area contributed by atoms with E-state index in [1.165, 1.54) is 0 Å². The van der Waals surface area contributed by atoms with Gasteiger partial charge in [0, 0.05) is 13.1 Å². The zero-order chi connectivity index (χ0) is 9.80. The molecule has 4 nitrogen and oxygen atoms in total. The Balaban J connectivity index is 2.03. The summed E-state index contributed by atoms with van der Waals surface area (Å²) in [4.78, 5) is 0. The largest absolute Gasteiger partial charge is 0.379 e. The fourth-order valence-corrected chi connectivity index (χ4v) is 1.51. The molecule has 76 valence electrons. The van der Waals surface area contributed by atoms with Gasteiger partial charge in [-0.05, 0) is 12.1 Å². The van der Waals surface area contributed by atoms with Gasteiger partial charge >= 0.3 is 0 Å². The molecule has 1 fully saturated rings. The van der Waals surface area contributed by atoms with E-state index in [1.807, 2.05) is 30.3 Å². The highest BCUT2D eigenvalue weighted by Crippen LogP contribution is 2.12. The number of hydrogen-bond acceptors (Lipinski definition) is 4. The fourth-order valence-electron chi connectivity index (χ4n) is 1.51. The average Bonchev–Trinajstić information content (AvgIpc) is 2.30. The third kappa shape index (κ3) is 2.04. The summed E-state index contributed by atoms with van der Waals surface area (Å²) in [6.07, 6.45) is 0. The van der Waals surface area contributed by atoms with Crippen LogP contribution in [0.25, 0.3) is 0 Å². The quantitative estimate of drug-likeness (QED) is 0.552. The molecule has 14 heavy (non-hydrogen) atoms. The van der Waals surface area contributed by atoms with Crippen LogP contribution in [0.5, 0.6) is 0 Å². The topological polar surface area (TPSA) is 41.7 Å². The number of para-hydroxylation sites is 1. The van der Waals surface area contributed by atoms with Gasteiger partial charge in [0.2, 0.25) is 0 Å². The van der Waals surface area contributed by atoms with E-state index in [-0.39, 0.29) is 0 Å². The van der Waals surface area contributed by atoms with Crippen molar-refractivity contribution in [3.05, 3.63) is 30.3 Å². The predicted molar refractivity (Wildman–Crippen MR) is 55.5 cm³/mol. The lowest BCUT2D eigenvalue weighted by molar-refractivity contribution is 0.0316. The molecule has 1 aliphatic heterocycles. The predicted octanol–water partition coefficient (Wildman–Crippen LogP) is 0.614. The molecule has 2 N–H and O–H groups in total. The maximum absolute atomic E-state index is 5.97. The summed E-state index contributed by atoms with van der Waals surface area (Å²) in [7, 11) is 0. The van der Waals surface area contributed by atoms with E-state index in [0.29, 0.717) is 0 Å². The van der Waals surface area contributed by atoms with E-state index in [9.17, 15) is 0 Å². The first-order valence-electron chi connectivity index (χ1n) is 4.80. The van der Waals surface area contributed by atoms with Gasteiger partial charge in [-0.3, -0.25) is 0 Å². The van der Waals surface area contributed by atoms with Crippen molar-refractivity contribution in [1.82, 2.24) is 5.01 Å². The second-order valence-corrected chi connectivity index (χ2v) is 3.25. The van der Waals surface area contributed by atoms with Gasteiger partial charge in [-0.1, -0.05) is 18.2 Å². The van der Waals surface area contributed by atoms with Crippen LogP contribution in [0.2, 0.25) is 0 Å². The van der Waals surface area contributed by atoms with E-state index in [0.717, 1.165) is 32.0 Å². The molecule has 0 radical (unpaired) electrons. The second kappa shape index (κ2) is 4.41. The van der Waals surface area contributed by atoms with Gasteiger partial charge < -0.3 is 4.74 Å². The van der Waals surface area contributed by atoms with Crippen LogP contribution in [0.1, 0.15) is 0 Å². The standard InChI is InChI=1S/C10H15N3O/c11-13(10-4-2-1-3-5-10)12-6-8-14-9-7-12/h1-5H,6-9,11H2. The van der Waals surface area contributed by atoms with Crippen molar-refractivity contribution in [2.24, 2.45) is 5.84 Å². The highest BCUT2D eigenvalue weighted by atomic mass is 16.5. The number of rotatable bonds is 2. The van der Waals surface area contributed by atoms with Gasteiger partial charge in [0.1, 0.15) is 0 Å². The molecule has 4 heteroatoms. The number of hydrogen-bond donors (Lipinski definition) is 1. The van der Waals surface area contributed by atoms with Crippen molar-refractivity contribution >= 4 is 5.69 Å². The number of nitrogens with two attached hydrogens (primary N) is 1. The van der Waals surface area contributed by atoms with Crippen LogP contribution in [0.3, 0.4) is 0 Å². The molecule has 1 saturated heterocycles. The maximum Gasteiger partial charge on any atom is 0.0702 e. The Bertz CT molecular complexity index is 272. The fraction of sp³-hybridized carbons (Fsp3) is 0.400. The molecule has 0 unspecified atom stereocenters. The molecular formula is C10H15N3O. The molecule has 2 rings (SSSR count). The lowest BCUT2D eigenvalue weighted by atomic mass is 10.3. The lowest BCUT2D eigenvalue weighted by Crippen LogP contribution is -2.52. The summed E-state index contributed by atoms with van der Waals surface area (Å²) in [6, 6.07) is 9.94. The molecule has 0 bridgehead atoms. The molecule has 1 aliphatic rings. The molecule has 0 atom stereocenters. The summed E-state index contributed by atoms with van der Waals surface area (Å²) >= 11 is 0. The zero-order valence-electron chi connectivity index (χ0n) is 8.10. The van der Waals surface area contributed by atoms with Crippen LogP contribution < -0.4 is 11.0 Å². The first-order valence-corrected chi connectivity index (χ1v) is 4.80. The highest BCUT2D eigenvalue weighted by molar-refractivity contribution is 5.43. The van der Waals surface area contributed by atoms with Crippen molar-refractivity contribution in [2.45, 2.75) is 0 Å². The molecule has 0 spiro atoms. The summed E-state index contributed by atoms with van der Waals surface area (Å²) in [5.74, 6) is 5.97. The van der Waals surface area contributed by atoms with Gasteiger partial charge in [0.25, 0.3) is 0 Å². The molecule has 0 amide bonds. The first-order chi connectivity index (χ1) is 6.88. The molecule has 0 saturated carbocycles. The van der Waals surface area contributed by atoms with E-state index in [1.54, 1.807) is 5.12 Å². The minimum absolute atomic E-state index is 0.751. The van der Waals surface area contributed by atoms with Crippen molar-refractivity contribution in [3.8, 4) is 0 Å². The number of ether oxygens (including phenoxy) is 1.